The van der Waals surface area contributed by atoms with E-state index in [-0.39, 0.29) is 16.6 Å². The van der Waals surface area contributed by atoms with Crippen molar-refractivity contribution in [3.05, 3.63) is 48.2 Å². The normalized spacial score (nSPS) is 17.5. The van der Waals surface area contributed by atoms with E-state index in [2.05, 4.69) is 9.88 Å². The highest BCUT2D eigenvalue weighted by molar-refractivity contribution is 7.89. The van der Waals surface area contributed by atoms with E-state index in [1.807, 2.05) is 31.2 Å². The van der Waals surface area contributed by atoms with Gasteiger partial charge >= 0.3 is 0 Å². The molecular weight excluding hydrogens is 454 g/mol. The number of piperazine rings is 1. The standard InChI is InChI=1S/C24H27N5O4S/c1-17-24(26-20-7-4-3-6-19(20)25-17)27-12-14-28(15-13-27)34(31,32)22-16-18(9-10-21(22)33-2)29-11-5-8-23(29)30/h3-4,6-7,9-10,16H,5,8,11-15H2,1-2H3. The lowest BCUT2D eigenvalue weighted by molar-refractivity contribution is -0.117. The minimum absolute atomic E-state index is 0.00833. The molecule has 34 heavy (non-hydrogen) atoms. The molecule has 0 aliphatic carbocycles. The maximum Gasteiger partial charge on any atom is 0.246 e. The average molecular weight is 482 g/mol. The molecule has 0 saturated carbocycles. The third-order valence-electron chi connectivity index (χ3n) is 6.41. The first-order valence-corrected chi connectivity index (χ1v) is 12.8. The number of anilines is 2. The third kappa shape index (κ3) is 3.97. The quantitative estimate of drug-likeness (QED) is 0.553. The van der Waals surface area contributed by atoms with Gasteiger partial charge in [-0.3, -0.25) is 4.79 Å². The van der Waals surface area contributed by atoms with Crippen molar-refractivity contribution in [2.75, 3.05) is 49.6 Å². The summed E-state index contributed by atoms with van der Waals surface area (Å²) >= 11 is 0. The maximum atomic E-state index is 13.6. The first kappa shape index (κ1) is 22.5. The van der Waals surface area contributed by atoms with Crippen molar-refractivity contribution in [1.82, 2.24) is 14.3 Å². The first-order chi connectivity index (χ1) is 16.4. The van der Waals surface area contributed by atoms with Gasteiger partial charge in [0.2, 0.25) is 15.9 Å². The zero-order valence-electron chi connectivity index (χ0n) is 19.3. The lowest BCUT2D eigenvalue weighted by Gasteiger charge is -2.35. The first-order valence-electron chi connectivity index (χ1n) is 11.4. The van der Waals surface area contributed by atoms with Crippen molar-refractivity contribution in [2.45, 2.75) is 24.7 Å². The number of aryl methyl sites for hydroxylation is 1. The lowest BCUT2D eigenvalue weighted by atomic mass is 10.2. The number of rotatable bonds is 5. The van der Waals surface area contributed by atoms with Crippen LogP contribution in [0.2, 0.25) is 0 Å². The monoisotopic (exact) mass is 481 g/mol. The Morgan fingerprint density at radius 3 is 2.29 bits per heavy atom. The Morgan fingerprint density at radius 2 is 1.65 bits per heavy atom. The zero-order valence-corrected chi connectivity index (χ0v) is 20.1. The Labute approximate surface area is 199 Å². The lowest BCUT2D eigenvalue weighted by Crippen LogP contribution is -2.49. The predicted octanol–water partition coefficient (Wildman–Crippen LogP) is 2.58. The van der Waals surface area contributed by atoms with E-state index < -0.39 is 10.0 Å². The summed E-state index contributed by atoms with van der Waals surface area (Å²) in [6.45, 7) is 4.14. The molecule has 2 saturated heterocycles. The van der Waals surface area contributed by atoms with Gasteiger partial charge < -0.3 is 14.5 Å². The average Bonchev–Trinajstić information content (AvgIpc) is 3.29. The second-order valence-corrected chi connectivity index (χ2v) is 10.4. The van der Waals surface area contributed by atoms with Crippen LogP contribution in [0.4, 0.5) is 11.5 Å². The van der Waals surface area contributed by atoms with Crippen LogP contribution in [-0.2, 0) is 14.8 Å². The fraction of sp³-hybridized carbons (Fsp3) is 0.375. The molecule has 2 aliphatic rings. The molecule has 10 heteroatoms. The Balaban J connectivity index is 1.39. The molecule has 5 rings (SSSR count). The van der Waals surface area contributed by atoms with Gasteiger partial charge in [-0.1, -0.05) is 12.1 Å². The number of sulfonamides is 1. The van der Waals surface area contributed by atoms with Gasteiger partial charge in [0.05, 0.1) is 23.8 Å². The van der Waals surface area contributed by atoms with Crippen molar-refractivity contribution in [1.29, 1.82) is 0 Å². The fourth-order valence-corrected chi connectivity index (χ4v) is 6.21. The predicted molar refractivity (Wildman–Crippen MR) is 130 cm³/mol. The van der Waals surface area contributed by atoms with E-state index >= 15 is 0 Å². The molecule has 0 unspecified atom stereocenters. The molecule has 1 amide bonds. The molecule has 0 radical (unpaired) electrons. The van der Waals surface area contributed by atoms with Crippen LogP contribution in [0.25, 0.3) is 11.0 Å². The van der Waals surface area contributed by atoms with Crippen molar-refractivity contribution in [3.8, 4) is 5.75 Å². The van der Waals surface area contributed by atoms with Gasteiger partial charge in [0.25, 0.3) is 0 Å². The summed E-state index contributed by atoms with van der Waals surface area (Å²) in [4.78, 5) is 25.4. The molecule has 0 atom stereocenters. The number of nitrogens with zero attached hydrogens (tertiary/aromatic N) is 5. The van der Waals surface area contributed by atoms with Gasteiger partial charge in [-0.25, -0.2) is 18.4 Å². The summed E-state index contributed by atoms with van der Waals surface area (Å²) in [7, 11) is -2.36. The number of hydrogen-bond donors (Lipinski definition) is 0. The van der Waals surface area contributed by atoms with E-state index in [4.69, 9.17) is 9.72 Å². The minimum Gasteiger partial charge on any atom is -0.495 e. The number of ether oxygens (including phenoxy) is 1. The molecule has 0 N–H and O–H groups in total. The number of carbonyl (C=O) groups excluding carboxylic acids is 1. The number of fused-ring (bicyclic) bond motifs is 1. The number of hydrogen-bond acceptors (Lipinski definition) is 7. The third-order valence-corrected chi connectivity index (χ3v) is 8.33. The molecule has 2 aromatic carbocycles. The highest BCUT2D eigenvalue weighted by Gasteiger charge is 2.33. The Hall–Kier alpha value is -3.24. The molecule has 0 bridgehead atoms. The van der Waals surface area contributed by atoms with Crippen LogP contribution >= 0.6 is 0 Å². The molecule has 0 spiro atoms. The second-order valence-electron chi connectivity index (χ2n) is 8.50. The zero-order chi connectivity index (χ0) is 23.9. The summed E-state index contributed by atoms with van der Waals surface area (Å²) in [6, 6.07) is 12.6. The van der Waals surface area contributed by atoms with Crippen LogP contribution in [0, 0.1) is 6.92 Å². The van der Waals surface area contributed by atoms with Crippen molar-refractivity contribution >= 4 is 38.5 Å². The van der Waals surface area contributed by atoms with E-state index in [0.717, 1.165) is 29.0 Å². The number of amides is 1. The smallest absolute Gasteiger partial charge is 0.246 e. The van der Waals surface area contributed by atoms with Crippen LogP contribution in [-0.4, -0.2) is 68.4 Å². The van der Waals surface area contributed by atoms with E-state index in [9.17, 15) is 13.2 Å². The van der Waals surface area contributed by atoms with Crippen LogP contribution in [0.5, 0.6) is 5.75 Å². The van der Waals surface area contributed by atoms with Crippen molar-refractivity contribution in [2.24, 2.45) is 0 Å². The van der Waals surface area contributed by atoms with Gasteiger partial charge in [0.1, 0.15) is 10.6 Å². The summed E-state index contributed by atoms with van der Waals surface area (Å²) in [5.74, 6) is 1.06. The summed E-state index contributed by atoms with van der Waals surface area (Å²) in [5.41, 5.74) is 3.06. The number of para-hydroxylation sites is 2. The molecular formula is C24H27N5O4S. The maximum absolute atomic E-state index is 13.6. The van der Waals surface area contributed by atoms with Gasteiger partial charge in [-0.15, -0.1) is 0 Å². The van der Waals surface area contributed by atoms with Crippen LogP contribution in [0.3, 0.4) is 0 Å². The molecule has 2 aliphatic heterocycles. The summed E-state index contributed by atoms with van der Waals surface area (Å²) in [5, 5.41) is 0. The minimum atomic E-state index is -3.82. The number of benzene rings is 2. The van der Waals surface area contributed by atoms with Gasteiger partial charge in [-0.05, 0) is 43.7 Å². The molecule has 9 nitrogen and oxygen atoms in total. The van der Waals surface area contributed by atoms with Crippen LogP contribution < -0.4 is 14.5 Å². The highest BCUT2D eigenvalue weighted by atomic mass is 32.2. The molecule has 3 aromatic rings. The van der Waals surface area contributed by atoms with Crippen LogP contribution in [0.15, 0.2) is 47.4 Å². The van der Waals surface area contributed by atoms with Gasteiger partial charge in [-0.2, -0.15) is 4.31 Å². The SMILES string of the molecule is COc1ccc(N2CCCC2=O)cc1S(=O)(=O)N1CCN(c2nc3ccccc3nc2C)CC1. The van der Waals surface area contributed by atoms with Gasteiger partial charge in [0.15, 0.2) is 5.82 Å². The highest BCUT2D eigenvalue weighted by Crippen LogP contribution is 2.33. The fourth-order valence-electron chi connectivity index (χ4n) is 4.61. The van der Waals surface area contributed by atoms with E-state index in [1.54, 1.807) is 23.1 Å². The van der Waals surface area contributed by atoms with E-state index in [0.29, 0.717) is 44.8 Å². The second kappa shape index (κ2) is 8.84. The van der Waals surface area contributed by atoms with Gasteiger partial charge in [0, 0.05) is 44.8 Å². The molecule has 178 valence electrons. The van der Waals surface area contributed by atoms with E-state index in [1.165, 1.54) is 11.4 Å². The van der Waals surface area contributed by atoms with Crippen LogP contribution in [0.1, 0.15) is 18.5 Å². The number of carbonyl (C=O) groups is 1. The molecule has 3 heterocycles. The van der Waals surface area contributed by atoms with Crippen molar-refractivity contribution < 1.29 is 17.9 Å². The number of methoxy groups -OCH3 is 1. The topological polar surface area (TPSA) is 95.9 Å². The Bertz CT molecular complexity index is 1350. The Kier molecular flexibility index (Phi) is 5.86. The summed E-state index contributed by atoms with van der Waals surface area (Å²) in [6.07, 6.45) is 1.25. The Morgan fingerprint density at radius 1 is 0.941 bits per heavy atom. The number of aromatic nitrogens is 2. The summed E-state index contributed by atoms with van der Waals surface area (Å²) < 4.78 is 34.0. The molecule has 1 aromatic heterocycles. The largest absolute Gasteiger partial charge is 0.495 e. The molecule has 2 fully saturated rings. The van der Waals surface area contributed by atoms with Crippen molar-refractivity contribution in [3.63, 3.8) is 0 Å².